The standard InChI is InChI=1S/C29H33F3O/c1-20-18-25(19-21(2)27(20)23-13-15-24(16-14-23)28(3,4)5)33-26(12-9-17-29(30,31)32)22-10-7-6-8-11-22/h6-8,10-11,13-16,18-19,26H,9,12,17H2,1-5H3. The summed E-state index contributed by atoms with van der Waals surface area (Å²) < 4.78 is 44.4. The quantitative estimate of drug-likeness (QED) is 0.346. The van der Waals surface area contributed by atoms with Gasteiger partial charge in [0.05, 0.1) is 0 Å². The summed E-state index contributed by atoms with van der Waals surface area (Å²) in [5.74, 6) is 0.681. The summed E-state index contributed by atoms with van der Waals surface area (Å²) in [5, 5.41) is 0. The van der Waals surface area contributed by atoms with E-state index in [1.54, 1.807) is 0 Å². The van der Waals surface area contributed by atoms with Crippen molar-refractivity contribution in [2.24, 2.45) is 0 Å². The van der Waals surface area contributed by atoms with Crippen LogP contribution in [-0.4, -0.2) is 6.18 Å². The fourth-order valence-electron chi connectivity index (χ4n) is 4.20. The van der Waals surface area contributed by atoms with Crippen LogP contribution in [0.2, 0.25) is 0 Å². The Morgan fingerprint density at radius 2 is 1.39 bits per heavy atom. The zero-order chi connectivity index (χ0) is 24.2. The average Bonchev–Trinajstić information content (AvgIpc) is 2.72. The molecular weight excluding hydrogens is 421 g/mol. The van der Waals surface area contributed by atoms with Crippen molar-refractivity contribution in [2.45, 2.75) is 71.6 Å². The van der Waals surface area contributed by atoms with Crippen LogP contribution in [0.15, 0.2) is 66.7 Å². The van der Waals surface area contributed by atoms with Crippen LogP contribution in [0.1, 0.15) is 68.4 Å². The van der Waals surface area contributed by atoms with Crippen molar-refractivity contribution < 1.29 is 17.9 Å². The van der Waals surface area contributed by atoms with E-state index in [1.165, 1.54) is 5.56 Å². The third kappa shape index (κ3) is 6.86. The molecule has 0 amide bonds. The highest BCUT2D eigenvalue weighted by molar-refractivity contribution is 5.72. The van der Waals surface area contributed by atoms with Gasteiger partial charge in [0.2, 0.25) is 0 Å². The summed E-state index contributed by atoms with van der Waals surface area (Å²) in [6.45, 7) is 10.7. The molecule has 1 atom stereocenters. The molecule has 3 aromatic rings. The van der Waals surface area contributed by atoms with Gasteiger partial charge in [0.15, 0.2) is 0 Å². The van der Waals surface area contributed by atoms with Gasteiger partial charge in [0.25, 0.3) is 0 Å². The summed E-state index contributed by atoms with van der Waals surface area (Å²) in [4.78, 5) is 0. The lowest BCUT2D eigenvalue weighted by atomic mass is 9.85. The van der Waals surface area contributed by atoms with Gasteiger partial charge in [0.1, 0.15) is 11.9 Å². The minimum absolute atomic E-state index is 0.0270. The van der Waals surface area contributed by atoms with Crippen molar-refractivity contribution in [1.82, 2.24) is 0 Å². The van der Waals surface area contributed by atoms with Crippen LogP contribution in [0.25, 0.3) is 11.1 Å². The van der Waals surface area contributed by atoms with Crippen LogP contribution >= 0.6 is 0 Å². The molecule has 0 aromatic heterocycles. The molecule has 0 spiro atoms. The second kappa shape index (κ2) is 10.0. The van der Waals surface area contributed by atoms with E-state index in [2.05, 4.69) is 45.0 Å². The summed E-state index contributed by atoms with van der Waals surface area (Å²) >= 11 is 0. The molecular formula is C29H33F3O. The van der Waals surface area contributed by atoms with Crippen LogP contribution in [0.4, 0.5) is 13.2 Å². The molecule has 0 radical (unpaired) electrons. The van der Waals surface area contributed by atoms with Gasteiger partial charge in [-0.3, -0.25) is 0 Å². The monoisotopic (exact) mass is 454 g/mol. The first-order valence-corrected chi connectivity index (χ1v) is 11.4. The lowest BCUT2D eigenvalue weighted by Crippen LogP contribution is -2.12. The van der Waals surface area contributed by atoms with Crippen molar-refractivity contribution in [3.63, 3.8) is 0 Å². The summed E-state index contributed by atoms with van der Waals surface area (Å²) in [6, 6.07) is 22.1. The molecule has 0 aliphatic carbocycles. The van der Waals surface area contributed by atoms with Gasteiger partial charge < -0.3 is 4.74 Å². The Hall–Kier alpha value is -2.75. The fraction of sp³-hybridized carbons (Fsp3) is 0.379. The Bertz CT molecular complexity index is 1020. The first-order valence-electron chi connectivity index (χ1n) is 11.4. The number of benzene rings is 3. The van der Waals surface area contributed by atoms with Crippen molar-refractivity contribution >= 4 is 0 Å². The maximum atomic E-state index is 12.7. The molecule has 1 nitrogen and oxygen atoms in total. The van der Waals surface area contributed by atoms with E-state index in [9.17, 15) is 13.2 Å². The van der Waals surface area contributed by atoms with Gasteiger partial charge in [-0.1, -0.05) is 75.4 Å². The molecule has 1 unspecified atom stereocenters. The van der Waals surface area contributed by atoms with Crippen molar-refractivity contribution in [3.05, 3.63) is 89.0 Å². The molecule has 3 rings (SSSR count). The van der Waals surface area contributed by atoms with Crippen LogP contribution < -0.4 is 4.74 Å². The number of aryl methyl sites for hydroxylation is 2. The first kappa shape index (κ1) is 24.9. The van der Waals surface area contributed by atoms with E-state index in [4.69, 9.17) is 4.74 Å². The smallest absolute Gasteiger partial charge is 0.389 e. The zero-order valence-electron chi connectivity index (χ0n) is 20.1. The molecule has 4 heteroatoms. The van der Waals surface area contributed by atoms with Gasteiger partial charge in [-0.2, -0.15) is 13.2 Å². The van der Waals surface area contributed by atoms with E-state index >= 15 is 0 Å². The number of alkyl halides is 3. The van der Waals surface area contributed by atoms with Gasteiger partial charge in [-0.05, 0) is 77.6 Å². The Morgan fingerprint density at radius 3 is 1.91 bits per heavy atom. The Balaban J connectivity index is 1.84. The minimum Gasteiger partial charge on any atom is -0.486 e. The van der Waals surface area contributed by atoms with E-state index < -0.39 is 18.7 Å². The second-order valence-corrected chi connectivity index (χ2v) is 9.78. The third-order valence-electron chi connectivity index (χ3n) is 5.92. The predicted molar refractivity (Wildman–Crippen MR) is 130 cm³/mol. The topological polar surface area (TPSA) is 9.23 Å². The maximum Gasteiger partial charge on any atom is 0.389 e. The molecule has 0 N–H and O–H groups in total. The predicted octanol–water partition coefficient (Wildman–Crippen LogP) is 9.12. The van der Waals surface area contributed by atoms with Gasteiger partial charge in [0, 0.05) is 6.42 Å². The van der Waals surface area contributed by atoms with Gasteiger partial charge >= 0.3 is 6.18 Å². The average molecular weight is 455 g/mol. The Kier molecular flexibility index (Phi) is 7.56. The molecule has 0 fully saturated rings. The van der Waals surface area contributed by atoms with Gasteiger partial charge in [-0.25, -0.2) is 0 Å². The molecule has 3 aromatic carbocycles. The molecule has 0 saturated heterocycles. The fourth-order valence-corrected chi connectivity index (χ4v) is 4.20. The van der Waals surface area contributed by atoms with Crippen molar-refractivity contribution in [2.75, 3.05) is 0 Å². The molecule has 176 valence electrons. The van der Waals surface area contributed by atoms with E-state index in [-0.39, 0.29) is 11.8 Å². The van der Waals surface area contributed by atoms with Crippen LogP contribution in [-0.2, 0) is 5.41 Å². The highest BCUT2D eigenvalue weighted by Gasteiger charge is 2.27. The summed E-state index contributed by atoms with van der Waals surface area (Å²) in [6.07, 6.45) is -5.05. The highest BCUT2D eigenvalue weighted by Crippen LogP contribution is 2.35. The largest absolute Gasteiger partial charge is 0.486 e. The number of hydrogen-bond donors (Lipinski definition) is 0. The van der Waals surface area contributed by atoms with Crippen molar-refractivity contribution in [3.8, 4) is 16.9 Å². The number of rotatable bonds is 7. The molecule has 0 saturated carbocycles. The van der Waals surface area contributed by atoms with Crippen molar-refractivity contribution in [1.29, 1.82) is 0 Å². The Morgan fingerprint density at radius 1 is 0.818 bits per heavy atom. The van der Waals surface area contributed by atoms with E-state index in [0.29, 0.717) is 12.2 Å². The molecule has 0 heterocycles. The first-order chi connectivity index (χ1) is 15.4. The van der Waals surface area contributed by atoms with Crippen LogP contribution in [0.3, 0.4) is 0 Å². The lowest BCUT2D eigenvalue weighted by Gasteiger charge is -2.22. The van der Waals surface area contributed by atoms with E-state index in [0.717, 1.165) is 27.8 Å². The van der Waals surface area contributed by atoms with E-state index in [1.807, 2.05) is 56.3 Å². The normalized spacial score (nSPS) is 13.1. The molecule has 0 aliphatic rings. The zero-order valence-corrected chi connectivity index (χ0v) is 20.1. The summed E-state index contributed by atoms with van der Waals surface area (Å²) in [5.41, 5.74) is 6.73. The lowest BCUT2D eigenvalue weighted by molar-refractivity contribution is -0.136. The molecule has 0 bridgehead atoms. The number of ether oxygens (including phenoxy) is 1. The van der Waals surface area contributed by atoms with Gasteiger partial charge in [-0.15, -0.1) is 0 Å². The second-order valence-electron chi connectivity index (χ2n) is 9.78. The van der Waals surface area contributed by atoms with Crippen LogP contribution in [0.5, 0.6) is 5.75 Å². The molecule has 33 heavy (non-hydrogen) atoms. The SMILES string of the molecule is Cc1cc(OC(CCCC(F)(F)F)c2ccccc2)cc(C)c1-c1ccc(C(C)(C)C)cc1. The maximum absolute atomic E-state index is 12.7. The number of halogens is 3. The summed E-state index contributed by atoms with van der Waals surface area (Å²) in [7, 11) is 0. The third-order valence-corrected chi connectivity index (χ3v) is 5.92. The highest BCUT2D eigenvalue weighted by atomic mass is 19.4. The molecule has 0 aliphatic heterocycles. The van der Waals surface area contributed by atoms with Crippen LogP contribution in [0, 0.1) is 13.8 Å². The minimum atomic E-state index is -4.15. The number of hydrogen-bond acceptors (Lipinski definition) is 1. The Labute approximate surface area is 195 Å².